The quantitative estimate of drug-likeness (QED) is 0.352. The first-order chi connectivity index (χ1) is 7.17. The van der Waals surface area contributed by atoms with E-state index in [0.717, 1.165) is 5.56 Å². The van der Waals surface area contributed by atoms with E-state index >= 15 is 0 Å². The standard InChI is InChI=1S/C9H11ClN2O2S/c1-14-7(13)4-3-6-5-11-9(15-2)12-8(6)10/h5H,3-4H2,1-2H3. The van der Waals surface area contributed by atoms with E-state index in [-0.39, 0.29) is 12.4 Å². The Morgan fingerprint density at radius 1 is 1.67 bits per heavy atom. The highest BCUT2D eigenvalue weighted by Crippen LogP contribution is 2.17. The lowest BCUT2D eigenvalue weighted by Crippen LogP contribution is -2.03. The molecule has 4 nitrogen and oxygen atoms in total. The van der Waals surface area contributed by atoms with E-state index in [0.29, 0.717) is 16.7 Å². The molecule has 0 unspecified atom stereocenters. The molecule has 82 valence electrons. The van der Waals surface area contributed by atoms with Crippen molar-refractivity contribution >= 4 is 29.3 Å². The van der Waals surface area contributed by atoms with Crippen LogP contribution in [-0.4, -0.2) is 29.3 Å². The van der Waals surface area contributed by atoms with Crippen LogP contribution in [0.5, 0.6) is 0 Å². The zero-order valence-electron chi connectivity index (χ0n) is 8.49. The highest BCUT2D eigenvalue weighted by Gasteiger charge is 2.07. The smallest absolute Gasteiger partial charge is 0.305 e. The maximum Gasteiger partial charge on any atom is 0.305 e. The number of hydrogen-bond donors (Lipinski definition) is 0. The summed E-state index contributed by atoms with van der Waals surface area (Å²) in [5.74, 6) is -0.264. The number of carbonyl (C=O) groups excluding carboxylic acids is 1. The van der Waals surface area contributed by atoms with Gasteiger partial charge in [0.25, 0.3) is 0 Å². The number of thioether (sulfide) groups is 1. The van der Waals surface area contributed by atoms with Crippen LogP contribution in [0.15, 0.2) is 11.4 Å². The fourth-order valence-electron chi connectivity index (χ4n) is 0.976. The highest BCUT2D eigenvalue weighted by molar-refractivity contribution is 7.98. The summed E-state index contributed by atoms with van der Waals surface area (Å²) in [5, 5.41) is 1.03. The molecule has 0 spiro atoms. The Morgan fingerprint density at radius 3 is 2.93 bits per heavy atom. The van der Waals surface area contributed by atoms with Gasteiger partial charge < -0.3 is 4.74 Å². The summed E-state index contributed by atoms with van der Waals surface area (Å²) in [4.78, 5) is 19.0. The van der Waals surface area contributed by atoms with Crippen molar-refractivity contribution in [2.24, 2.45) is 0 Å². The van der Waals surface area contributed by atoms with Crippen LogP contribution in [0.25, 0.3) is 0 Å². The van der Waals surface area contributed by atoms with Crippen LogP contribution in [0.3, 0.4) is 0 Å². The van der Waals surface area contributed by atoms with E-state index in [4.69, 9.17) is 11.6 Å². The molecule has 0 atom stereocenters. The molecule has 0 aliphatic rings. The van der Waals surface area contributed by atoms with E-state index in [1.165, 1.54) is 18.9 Å². The molecule has 0 saturated carbocycles. The third kappa shape index (κ3) is 3.68. The van der Waals surface area contributed by atoms with Crippen LogP contribution in [-0.2, 0) is 16.0 Å². The van der Waals surface area contributed by atoms with Gasteiger partial charge >= 0.3 is 5.97 Å². The van der Waals surface area contributed by atoms with Crippen molar-refractivity contribution in [1.82, 2.24) is 9.97 Å². The van der Waals surface area contributed by atoms with Crippen LogP contribution >= 0.6 is 23.4 Å². The number of aromatic nitrogens is 2. The van der Waals surface area contributed by atoms with Gasteiger partial charge in [0.15, 0.2) is 5.16 Å². The summed E-state index contributed by atoms with van der Waals surface area (Å²) in [6, 6.07) is 0. The molecule has 0 bridgehead atoms. The number of hydrogen-bond acceptors (Lipinski definition) is 5. The van der Waals surface area contributed by atoms with Crippen molar-refractivity contribution in [3.63, 3.8) is 0 Å². The molecule has 1 aromatic heterocycles. The normalized spacial score (nSPS) is 10.1. The molecular formula is C9H11ClN2O2S. The minimum Gasteiger partial charge on any atom is -0.469 e. The predicted molar refractivity (Wildman–Crippen MR) is 59.2 cm³/mol. The van der Waals surface area contributed by atoms with Gasteiger partial charge in [-0.3, -0.25) is 4.79 Å². The second-order valence-corrected chi connectivity index (χ2v) is 3.88. The van der Waals surface area contributed by atoms with Gasteiger partial charge in [0, 0.05) is 18.2 Å². The van der Waals surface area contributed by atoms with Crippen LogP contribution in [0, 0.1) is 0 Å². The van der Waals surface area contributed by atoms with Gasteiger partial charge in [-0.05, 0) is 12.7 Å². The largest absolute Gasteiger partial charge is 0.469 e. The summed E-state index contributed by atoms with van der Waals surface area (Å²) in [7, 11) is 1.36. The topological polar surface area (TPSA) is 52.1 Å². The maximum absolute atomic E-state index is 10.9. The molecule has 1 heterocycles. The molecule has 1 aromatic rings. The van der Waals surface area contributed by atoms with Gasteiger partial charge in [0.05, 0.1) is 7.11 Å². The van der Waals surface area contributed by atoms with Crippen LogP contribution < -0.4 is 0 Å². The van der Waals surface area contributed by atoms with Crippen LogP contribution in [0.1, 0.15) is 12.0 Å². The number of esters is 1. The first kappa shape index (κ1) is 12.3. The molecule has 0 radical (unpaired) electrons. The predicted octanol–water partition coefficient (Wildman–Crippen LogP) is 1.96. The van der Waals surface area contributed by atoms with Crippen molar-refractivity contribution < 1.29 is 9.53 Å². The van der Waals surface area contributed by atoms with Gasteiger partial charge in [0.1, 0.15) is 5.15 Å². The third-order valence-electron chi connectivity index (χ3n) is 1.80. The molecule has 0 saturated heterocycles. The zero-order chi connectivity index (χ0) is 11.3. The third-order valence-corrected chi connectivity index (χ3v) is 2.69. The molecule has 1 rings (SSSR count). The fourth-order valence-corrected chi connectivity index (χ4v) is 1.59. The summed E-state index contributed by atoms with van der Waals surface area (Å²) < 4.78 is 4.53. The average molecular weight is 247 g/mol. The molecule has 0 amide bonds. The molecule has 0 aromatic carbocycles. The van der Waals surface area contributed by atoms with E-state index in [1.807, 2.05) is 6.26 Å². The van der Waals surface area contributed by atoms with Crippen molar-refractivity contribution in [3.8, 4) is 0 Å². The maximum atomic E-state index is 10.9. The van der Waals surface area contributed by atoms with E-state index in [1.54, 1.807) is 6.20 Å². The lowest BCUT2D eigenvalue weighted by molar-refractivity contribution is -0.140. The summed E-state index contributed by atoms with van der Waals surface area (Å²) in [6.45, 7) is 0. The molecule has 0 aliphatic carbocycles. The number of ether oxygens (including phenoxy) is 1. The highest BCUT2D eigenvalue weighted by atomic mass is 35.5. The fraction of sp³-hybridized carbons (Fsp3) is 0.444. The summed E-state index contributed by atoms with van der Waals surface area (Å²) in [5.41, 5.74) is 0.764. The number of aryl methyl sites for hydroxylation is 1. The van der Waals surface area contributed by atoms with Gasteiger partial charge in [-0.15, -0.1) is 0 Å². The summed E-state index contributed by atoms with van der Waals surface area (Å²) in [6.07, 6.45) is 4.31. The van der Waals surface area contributed by atoms with Gasteiger partial charge in [-0.1, -0.05) is 23.4 Å². The number of methoxy groups -OCH3 is 1. The van der Waals surface area contributed by atoms with E-state index in [2.05, 4.69) is 14.7 Å². The Kier molecular flexibility index (Phi) is 4.84. The summed E-state index contributed by atoms with van der Waals surface area (Å²) >= 11 is 7.34. The van der Waals surface area contributed by atoms with Crippen LogP contribution in [0.4, 0.5) is 0 Å². The lowest BCUT2D eigenvalue weighted by Gasteiger charge is -2.03. The number of halogens is 1. The van der Waals surface area contributed by atoms with Crippen molar-refractivity contribution in [2.45, 2.75) is 18.0 Å². The zero-order valence-corrected chi connectivity index (χ0v) is 10.1. The second kappa shape index (κ2) is 5.92. The monoisotopic (exact) mass is 246 g/mol. The Hall–Kier alpha value is -0.810. The Bertz CT molecular complexity index is 360. The Morgan fingerprint density at radius 2 is 2.40 bits per heavy atom. The minimum atomic E-state index is -0.264. The van der Waals surface area contributed by atoms with Crippen molar-refractivity contribution in [3.05, 3.63) is 16.9 Å². The molecule has 15 heavy (non-hydrogen) atoms. The molecular weight excluding hydrogens is 236 g/mol. The van der Waals surface area contributed by atoms with Crippen molar-refractivity contribution in [1.29, 1.82) is 0 Å². The number of nitrogens with zero attached hydrogens (tertiary/aromatic N) is 2. The second-order valence-electron chi connectivity index (χ2n) is 2.75. The van der Waals surface area contributed by atoms with E-state index in [9.17, 15) is 4.79 Å². The van der Waals surface area contributed by atoms with Crippen molar-refractivity contribution in [2.75, 3.05) is 13.4 Å². The van der Waals surface area contributed by atoms with Gasteiger partial charge in [-0.25, -0.2) is 9.97 Å². The van der Waals surface area contributed by atoms with Gasteiger partial charge in [-0.2, -0.15) is 0 Å². The molecule has 0 aliphatic heterocycles. The average Bonchev–Trinajstić information content (AvgIpc) is 2.26. The molecule has 6 heteroatoms. The molecule has 0 fully saturated rings. The van der Waals surface area contributed by atoms with Gasteiger partial charge in [0.2, 0.25) is 0 Å². The minimum absolute atomic E-state index is 0.264. The molecule has 0 N–H and O–H groups in total. The first-order valence-electron chi connectivity index (χ1n) is 4.29. The Balaban J connectivity index is 2.66. The first-order valence-corrected chi connectivity index (χ1v) is 5.90. The number of carbonyl (C=O) groups is 1. The van der Waals surface area contributed by atoms with E-state index < -0.39 is 0 Å². The number of rotatable bonds is 4. The SMILES string of the molecule is COC(=O)CCc1cnc(SC)nc1Cl. The van der Waals surface area contributed by atoms with Crippen LogP contribution in [0.2, 0.25) is 5.15 Å². The Labute approximate surface area is 97.4 Å². The lowest BCUT2D eigenvalue weighted by atomic mass is 10.2.